The number of allylic oxidation sites excluding steroid dienone is 1. The van der Waals surface area contributed by atoms with Crippen molar-refractivity contribution < 1.29 is 0 Å². The number of hydrogen-bond donors (Lipinski definition) is 0. The monoisotopic (exact) mass is 153 g/mol. The quantitative estimate of drug-likeness (QED) is 0.523. The lowest BCUT2D eigenvalue weighted by molar-refractivity contribution is 0.157. The van der Waals surface area contributed by atoms with E-state index in [-0.39, 0.29) is 0 Å². The number of rotatable bonds is 1. The van der Waals surface area contributed by atoms with E-state index in [1.54, 1.807) is 5.57 Å². The molecule has 0 radical (unpaired) electrons. The van der Waals surface area contributed by atoms with Gasteiger partial charge in [0.15, 0.2) is 0 Å². The van der Waals surface area contributed by atoms with Crippen molar-refractivity contribution in [2.24, 2.45) is 0 Å². The Morgan fingerprint density at radius 3 is 2.45 bits per heavy atom. The van der Waals surface area contributed by atoms with Gasteiger partial charge in [-0.1, -0.05) is 11.6 Å². The normalized spacial score (nSPS) is 32.3. The van der Waals surface area contributed by atoms with Crippen molar-refractivity contribution in [3.63, 3.8) is 0 Å². The molecule has 1 atom stereocenters. The van der Waals surface area contributed by atoms with Crippen LogP contribution in [0.2, 0.25) is 0 Å². The van der Waals surface area contributed by atoms with Gasteiger partial charge in [0.1, 0.15) is 0 Å². The highest BCUT2D eigenvalue weighted by Gasteiger charge is 2.27. The molecule has 1 unspecified atom stereocenters. The smallest absolute Gasteiger partial charge is 0.0212 e. The van der Waals surface area contributed by atoms with E-state index in [2.05, 4.69) is 38.9 Å². The molecule has 0 aliphatic heterocycles. The van der Waals surface area contributed by atoms with Gasteiger partial charge in [0.2, 0.25) is 0 Å². The minimum atomic E-state index is 0.416. The van der Waals surface area contributed by atoms with Crippen molar-refractivity contribution in [1.82, 2.24) is 4.90 Å². The average Bonchev–Trinajstić information content (AvgIpc) is 1.95. The van der Waals surface area contributed by atoms with Crippen LogP contribution in [0.4, 0.5) is 0 Å². The van der Waals surface area contributed by atoms with Gasteiger partial charge in [0.25, 0.3) is 0 Å². The first-order chi connectivity index (χ1) is 5.04. The van der Waals surface area contributed by atoms with Gasteiger partial charge in [-0.3, -0.25) is 0 Å². The molecule has 0 bridgehead atoms. The minimum absolute atomic E-state index is 0.416. The number of hydrogen-bond acceptors (Lipinski definition) is 1. The van der Waals surface area contributed by atoms with Crippen LogP contribution in [0, 0.1) is 0 Å². The molecule has 0 aromatic heterocycles. The second-order valence-corrected chi connectivity index (χ2v) is 4.15. The van der Waals surface area contributed by atoms with Crippen molar-refractivity contribution in [3.05, 3.63) is 11.6 Å². The van der Waals surface area contributed by atoms with Crippen LogP contribution in [0.5, 0.6) is 0 Å². The summed E-state index contributed by atoms with van der Waals surface area (Å²) in [6.45, 7) is 4.57. The summed E-state index contributed by atoms with van der Waals surface area (Å²) in [6, 6.07) is 0. The van der Waals surface area contributed by atoms with Crippen LogP contribution in [0.3, 0.4) is 0 Å². The van der Waals surface area contributed by atoms with Crippen LogP contribution in [0.1, 0.15) is 33.1 Å². The summed E-state index contributed by atoms with van der Waals surface area (Å²) < 4.78 is 0. The molecule has 0 aromatic rings. The van der Waals surface area contributed by atoms with E-state index in [9.17, 15) is 0 Å². The summed E-state index contributed by atoms with van der Waals surface area (Å²) in [6.07, 6.45) is 6.17. The van der Waals surface area contributed by atoms with Crippen LogP contribution in [-0.4, -0.2) is 24.5 Å². The van der Waals surface area contributed by atoms with Crippen molar-refractivity contribution in [3.8, 4) is 0 Å². The maximum atomic E-state index is 2.38. The molecular weight excluding hydrogens is 134 g/mol. The predicted octanol–water partition coefficient (Wildman–Crippen LogP) is 2.44. The van der Waals surface area contributed by atoms with E-state index in [0.29, 0.717) is 5.54 Å². The molecule has 0 saturated carbocycles. The van der Waals surface area contributed by atoms with Gasteiger partial charge in [-0.15, -0.1) is 0 Å². The molecule has 1 rings (SSSR count). The highest BCUT2D eigenvalue weighted by molar-refractivity contribution is 5.08. The van der Waals surface area contributed by atoms with Gasteiger partial charge in [-0.05, 0) is 47.2 Å². The van der Waals surface area contributed by atoms with Crippen LogP contribution < -0.4 is 0 Å². The molecule has 64 valence electrons. The molecule has 1 aliphatic rings. The topological polar surface area (TPSA) is 3.24 Å². The Balaban J connectivity index is 2.64. The minimum Gasteiger partial charge on any atom is -0.304 e. The standard InChI is InChI=1S/C10H19N/c1-9-5-7-10(2,8-6-9)11(3)4/h5H,6-8H2,1-4H3. The molecule has 11 heavy (non-hydrogen) atoms. The van der Waals surface area contributed by atoms with E-state index in [1.807, 2.05) is 0 Å². The zero-order chi connectivity index (χ0) is 8.48. The highest BCUT2D eigenvalue weighted by atomic mass is 15.1. The lowest BCUT2D eigenvalue weighted by Gasteiger charge is -2.38. The molecule has 1 aliphatic carbocycles. The van der Waals surface area contributed by atoms with Crippen molar-refractivity contribution in [2.75, 3.05) is 14.1 Å². The molecule has 0 aromatic carbocycles. The third kappa shape index (κ3) is 1.84. The van der Waals surface area contributed by atoms with Crippen molar-refractivity contribution >= 4 is 0 Å². The summed E-state index contributed by atoms with van der Waals surface area (Å²) in [5.74, 6) is 0. The van der Waals surface area contributed by atoms with Crippen LogP contribution in [0.25, 0.3) is 0 Å². The Kier molecular flexibility index (Phi) is 2.38. The van der Waals surface area contributed by atoms with Crippen molar-refractivity contribution in [2.45, 2.75) is 38.6 Å². The van der Waals surface area contributed by atoms with Gasteiger partial charge in [0.05, 0.1) is 0 Å². The summed E-state index contributed by atoms with van der Waals surface area (Å²) in [7, 11) is 4.35. The zero-order valence-corrected chi connectivity index (χ0v) is 8.15. The summed E-state index contributed by atoms with van der Waals surface area (Å²) in [4.78, 5) is 2.34. The first kappa shape index (κ1) is 8.79. The molecular formula is C10H19N. The summed E-state index contributed by atoms with van der Waals surface area (Å²) >= 11 is 0. The summed E-state index contributed by atoms with van der Waals surface area (Å²) in [5.41, 5.74) is 1.98. The fourth-order valence-electron chi connectivity index (χ4n) is 1.47. The van der Waals surface area contributed by atoms with E-state index in [0.717, 1.165) is 0 Å². The van der Waals surface area contributed by atoms with Crippen LogP contribution in [-0.2, 0) is 0 Å². The Bertz CT molecular complexity index is 170. The lowest BCUT2D eigenvalue weighted by atomic mass is 9.84. The van der Waals surface area contributed by atoms with Gasteiger partial charge < -0.3 is 4.90 Å². The molecule has 0 heterocycles. The maximum Gasteiger partial charge on any atom is 0.0212 e. The highest BCUT2D eigenvalue weighted by Crippen LogP contribution is 2.30. The maximum absolute atomic E-state index is 2.38. The molecule has 0 spiro atoms. The lowest BCUT2D eigenvalue weighted by Crippen LogP contribution is -2.42. The van der Waals surface area contributed by atoms with Crippen LogP contribution >= 0.6 is 0 Å². The fraction of sp³-hybridized carbons (Fsp3) is 0.800. The van der Waals surface area contributed by atoms with Crippen molar-refractivity contribution in [1.29, 1.82) is 0 Å². The Hall–Kier alpha value is -0.300. The molecule has 1 heteroatoms. The van der Waals surface area contributed by atoms with E-state index < -0.39 is 0 Å². The fourth-order valence-corrected chi connectivity index (χ4v) is 1.47. The molecule has 0 fully saturated rings. The Morgan fingerprint density at radius 2 is 2.09 bits per heavy atom. The van der Waals surface area contributed by atoms with E-state index in [4.69, 9.17) is 0 Å². The molecule has 0 amide bonds. The average molecular weight is 153 g/mol. The van der Waals surface area contributed by atoms with Gasteiger partial charge >= 0.3 is 0 Å². The SMILES string of the molecule is CC1=CCC(C)(N(C)C)CC1. The van der Waals surface area contributed by atoms with Gasteiger partial charge in [0, 0.05) is 5.54 Å². The molecule has 0 saturated heterocycles. The second kappa shape index (κ2) is 2.98. The first-order valence-corrected chi connectivity index (χ1v) is 4.38. The van der Waals surface area contributed by atoms with Gasteiger partial charge in [-0.25, -0.2) is 0 Å². The van der Waals surface area contributed by atoms with Gasteiger partial charge in [-0.2, -0.15) is 0 Å². The predicted molar refractivity (Wildman–Crippen MR) is 49.7 cm³/mol. The first-order valence-electron chi connectivity index (χ1n) is 4.38. The molecule has 1 nitrogen and oxygen atoms in total. The largest absolute Gasteiger partial charge is 0.304 e. The summed E-state index contributed by atoms with van der Waals surface area (Å²) in [5, 5.41) is 0. The third-order valence-corrected chi connectivity index (χ3v) is 3.03. The third-order valence-electron chi connectivity index (χ3n) is 3.03. The Morgan fingerprint density at radius 1 is 1.45 bits per heavy atom. The second-order valence-electron chi connectivity index (χ2n) is 4.15. The molecule has 0 N–H and O–H groups in total. The van der Waals surface area contributed by atoms with E-state index >= 15 is 0 Å². The Labute approximate surface area is 70.1 Å². The number of nitrogens with zero attached hydrogens (tertiary/aromatic N) is 1. The van der Waals surface area contributed by atoms with Crippen LogP contribution in [0.15, 0.2) is 11.6 Å². The zero-order valence-electron chi connectivity index (χ0n) is 8.15. The van der Waals surface area contributed by atoms with E-state index in [1.165, 1.54) is 19.3 Å².